The van der Waals surface area contributed by atoms with Gasteiger partial charge in [-0.15, -0.1) is 0 Å². The molecule has 25 heavy (non-hydrogen) atoms. The molecule has 1 aliphatic rings. The van der Waals surface area contributed by atoms with Crippen LogP contribution in [0.25, 0.3) is 22.2 Å². The summed E-state index contributed by atoms with van der Waals surface area (Å²) in [5.74, 6) is 2.14. The number of pyridine rings is 1. The fourth-order valence-corrected chi connectivity index (χ4v) is 4.69. The number of hydrogen-bond acceptors (Lipinski definition) is 2. The van der Waals surface area contributed by atoms with Crippen LogP contribution in [0.4, 0.5) is 0 Å². The SMILES string of the molecule is CCCC(c1cnc2[nH]cc(-c3cnn(C)c3)c2c1)C1C(C)C1(C)C. The van der Waals surface area contributed by atoms with Crippen LogP contribution in [0.2, 0.25) is 0 Å². The van der Waals surface area contributed by atoms with E-state index in [0.29, 0.717) is 11.3 Å². The molecule has 3 atom stereocenters. The van der Waals surface area contributed by atoms with E-state index in [1.165, 1.54) is 29.4 Å². The molecule has 0 radical (unpaired) electrons. The maximum absolute atomic E-state index is 4.74. The second-order valence-corrected chi connectivity index (χ2v) is 8.30. The summed E-state index contributed by atoms with van der Waals surface area (Å²) in [5.41, 5.74) is 5.12. The molecule has 1 fully saturated rings. The third-order valence-electron chi connectivity index (χ3n) is 6.49. The lowest BCUT2D eigenvalue weighted by Crippen LogP contribution is -2.06. The van der Waals surface area contributed by atoms with Crippen molar-refractivity contribution in [1.82, 2.24) is 19.7 Å². The van der Waals surface area contributed by atoms with Crippen molar-refractivity contribution >= 4 is 11.0 Å². The van der Waals surface area contributed by atoms with E-state index in [2.05, 4.69) is 62.4 Å². The number of aryl methyl sites for hydroxylation is 1. The first kappa shape index (κ1) is 16.4. The number of rotatable bonds is 5. The van der Waals surface area contributed by atoms with Gasteiger partial charge < -0.3 is 4.98 Å². The van der Waals surface area contributed by atoms with Gasteiger partial charge in [-0.1, -0.05) is 34.1 Å². The summed E-state index contributed by atoms with van der Waals surface area (Å²) in [7, 11) is 1.95. The summed E-state index contributed by atoms with van der Waals surface area (Å²) in [6.07, 6.45) is 10.6. The highest BCUT2D eigenvalue weighted by Gasteiger charge is 2.57. The summed E-state index contributed by atoms with van der Waals surface area (Å²) >= 11 is 0. The molecule has 0 amide bonds. The molecule has 0 bridgehead atoms. The highest BCUT2D eigenvalue weighted by Crippen LogP contribution is 2.64. The van der Waals surface area contributed by atoms with E-state index >= 15 is 0 Å². The van der Waals surface area contributed by atoms with Crippen LogP contribution in [-0.4, -0.2) is 19.7 Å². The van der Waals surface area contributed by atoms with Crippen LogP contribution in [0.5, 0.6) is 0 Å². The predicted molar refractivity (Wildman–Crippen MR) is 102 cm³/mol. The second-order valence-electron chi connectivity index (χ2n) is 8.30. The van der Waals surface area contributed by atoms with Gasteiger partial charge in [0.15, 0.2) is 0 Å². The lowest BCUT2D eigenvalue weighted by Gasteiger charge is -2.18. The van der Waals surface area contributed by atoms with Gasteiger partial charge in [-0.25, -0.2) is 4.98 Å². The van der Waals surface area contributed by atoms with Crippen LogP contribution >= 0.6 is 0 Å². The van der Waals surface area contributed by atoms with Crippen LogP contribution in [0.3, 0.4) is 0 Å². The summed E-state index contributed by atoms with van der Waals surface area (Å²) in [6, 6.07) is 2.36. The topological polar surface area (TPSA) is 46.5 Å². The molecule has 0 aromatic carbocycles. The van der Waals surface area contributed by atoms with Gasteiger partial charge in [0.25, 0.3) is 0 Å². The maximum atomic E-state index is 4.74. The molecule has 0 spiro atoms. The number of fused-ring (bicyclic) bond motifs is 1. The van der Waals surface area contributed by atoms with Gasteiger partial charge in [-0.2, -0.15) is 5.10 Å². The quantitative estimate of drug-likeness (QED) is 0.701. The van der Waals surface area contributed by atoms with E-state index in [1.807, 2.05) is 17.9 Å². The highest BCUT2D eigenvalue weighted by molar-refractivity contribution is 5.93. The van der Waals surface area contributed by atoms with Gasteiger partial charge in [-0.05, 0) is 41.2 Å². The van der Waals surface area contributed by atoms with Crippen molar-refractivity contribution in [3.05, 3.63) is 36.4 Å². The Bertz CT molecular complexity index is 902. The fourth-order valence-electron chi connectivity index (χ4n) is 4.69. The molecule has 3 aromatic heterocycles. The monoisotopic (exact) mass is 336 g/mol. The molecule has 1 aliphatic carbocycles. The molecule has 3 heterocycles. The zero-order valence-electron chi connectivity index (χ0n) is 15.9. The van der Waals surface area contributed by atoms with Crippen LogP contribution in [0.15, 0.2) is 30.9 Å². The van der Waals surface area contributed by atoms with E-state index < -0.39 is 0 Å². The Balaban J connectivity index is 1.77. The summed E-state index contributed by atoms with van der Waals surface area (Å²) in [5, 5.41) is 5.52. The molecule has 1 N–H and O–H groups in total. The minimum Gasteiger partial charge on any atom is -0.346 e. The molecule has 3 aromatic rings. The molecule has 0 saturated heterocycles. The average molecular weight is 336 g/mol. The molecule has 0 aliphatic heterocycles. The average Bonchev–Trinajstić information content (AvgIpc) is 2.99. The zero-order valence-corrected chi connectivity index (χ0v) is 15.9. The minimum absolute atomic E-state index is 0.444. The largest absolute Gasteiger partial charge is 0.346 e. The fraction of sp³-hybridized carbons (Fsp3) is 0.524. The third kappa shape index (κ3) is 2.59. The standard InChI is InChI=1S/C21H28N4/c1-6-7-16(19-13(2)21(19,3)4)14-8-17-18(11-23-20(17)22-9-14)15-10-24-25(5)12-15/h8-13,16,19H,6-7H2,1-5H3,(H,22,23). The summed E-state index contributed by atoms with van der Waals surface area (Å²) in [4.78, 5) is 8.05. The first-order chi connectivity index (χ1) is 11.9. The normalized spacial score (nSPS) is 23.1. The molecule has 1 saturated carbocycles. The predicted octanol–water partition coefficient (Wildman–Crippen LogP) is 5.14. The number of aromatic amines is 1. The van der Waals surface area contributed by atoms with Crippen molar-refractivity contribution in [3.8, 4) is 11.1 Å². The van der Waals surface area contributed by atoms with E-state index in [4.69, 9.17) is 4.98 Å². The van der Waals surface area contributed by atoms with Gasteiger partial charge in [0.05, 0.1) is 6.20 Å². The van der Waals surface area contributed by atoms with Crippen LogP contribution in [0, 0.1) is 17.3 Å². The second kappa shape index (κ2) is 5.72. The van der Waals surface area contributed by atoms with Crippen LogP contribution in [0.1, 0.15) is 52.0 Å². The van der Waals surface area contributed by atoms with Crippen LogP contribution < -0.4 is 0 Å². The Morgan fingerprint density at radius 3 is 2.68 bits per heavy atom. The van der Waals surface area contributed by atoms with E-state index in [9.17, 15) is 0 Å². The minimum atomic E-state index is 0.444. The lowest BCUT2D eigenvalue weighted by molar-refractivity contribution is 0.456. The van der Waals surface area contributed by atoms with Gasteiger partial charge in [-0.3, -0.25) is 4.68 Å². The van der Waals surface area contributed by atoms with Crippen LogP contribution in [-0.2, 0) is 7.05 Å². The van der Waals surface area contributed by atoms with Gasteiger partial charge in [0, 0.05) is 42.2 Å². The number of hydrogen-bond donors (Lipinski definition) is 1. The van der Waals surface area contributed by atoms with Crippen molar-refractivity contribution in [2.24, 2.45) is 24.3 Å². The molecule has 4 heteroatoms. The number of nitrogens with one attached hydrogen (secondary N) is 1. The molecule has 132 valence electrons. The molecule has 4 rings (SSSR count). The van der Waals surface area contributed by atoms with Crippen molar-refractivity contribution in [3.63, 3.8) is 0 Å². The maximum Gasteiger partial charge on any atom is 0.137 e. The van der Waals surface area contributed by atoms with E-state index in [0.717, 1.165) is 23.0 Å². The van der Waals surface area contributed by atoms with Gasteiger partial charge >= 0.3 is 0 Å². The molecule has 4 nitrogen and oxygen atoms in total. The van der Waals surface area contributed by atoms with Crippen molar-refractivity contribution in [1.29, 1.82) is 0 Å². The number of nitrogens with zero attached hydrogens (tertiary/aromatic N) is 3. The van der Waals surface area contributed by atoms with Gasteiger partial charge in [0.2, 0.25) is 0 Å². The Labute approximate surface area is 149 Å². The molecular weight excluding hydrogens is 308 g/mol. The van der Waals surface area contributed by atoms with E-state index in [-0.39, 0.29) is 0 Å². The summed E-state index contributed by atoms with van der Waals surface area (Å²) in [6.45, 7) is 9.51. The van der Waals surface area contributed by atoms with E-state index in [1.54, 1.807) is 0 Å². The lowest BCUT2D eigenvalue weighted by atomic mass is 9.86. The van der Waals surface area contributed by atoms with Crippen molar-refractivity contribution < 1.29 is 0 Å². The summed E-state index contributed by atoms with van der Waals surface area (Å²) < 4.78 is 1.85. The third-order valence-corrected chi connectivity index (χ3v) is 6.49. The number of aromatic nitrogens is 4. The molecule has 3 unspecified atom stereocenters. The highest BCUT2D eigenvalue weighted by atomic mass is 15.2. The first-order valence-electron chi connectivity index (χ1n) is 9.39. The Morgan fingerprint density at radius 2 is 2.08 bits per heavy atom. The smallest absolute Gasteiger partial charge is 0.137 e. The first-order valence-corrected chi connectivity index (χ1v) is 9.39. The van der Waals surface area contributed by atoms with Gasteiger partial charge in [0.1, 0.15) is 5.65 Å². The zero-order chi connectivity index (χ0) is 17.8. The Morgan fingerprint density at radius 1 is 1.32 bits per heavy atom. The Kier molecular flexibility index (Phi) is 3.75. The van der Waals surface area contributed by atoms with Crippen molar-refractivity contribution in [2.75, 3.05) is 0 Å². The Hall–Kier alpha value is -2.10. The molecular formula is C21H28N4. The number of H-pyrrole nitrogens is 1. The van der Waals surface area contributed by atoms with Crippen molar-refractivity contribution in [2.45, 2.75) is 46.5 Å².